The van der Waals surface area contributed by atoms with Gasteiger partial charge in [0.1, 0.15) is 6.04 Å². The van der Waals surface area contributed by atoms with E-state index in [2.05, 4.69) is 24.5 Å². The number of carboxylic acids is 1. The van der Waals surface area contributed by atoms with E-state index < -0.39 is 12.0 Å². The minimum atomic E-state index is -0.959. The summed E-state index contributed by atoms with van der Waals surface area (Å²) >= 11 is 0. The van der Waals surface area contributed by atoms with Crippen molar-refractivity contribution in [3.63, 3.8) is 0 Å². The second kappa shape index (κ2) is 8.12. The number of urea groups is 1. The molecule has 1 aliphatic rings. The van der Waals surface area contributed by atoms with Crippen LogP contribution >= 0.6 is 0 Å². The summed E-state index contributed by atoms with van der Waals surface area (Å²) in [7, 11) is 0. The van der Waals surface area contributed by atoms with Crippen molar-refractivity contribution in [2.24, 2.45) is 11.8 Å². The highest BCUT2D eigenvalue weighted by Crippen LogP contribution is 2.28. The molecular weight excluding hydrogens is 256 g/mol. The summed E-state index contributed by atoms with van der Waals surface area (Å²) in [4.78, 5) is 23.0. The molecule has 0 aromatic carbocycles. The third-order valence-corrected chi connectivity index (χ3v) is 3.96. The van der Waals surface area contributed by atoms with Crippen LogP contribution < -0.4 is 10.6 Å². The summed E-state index contributed by atoms with van der Waals surface area (Å²) in [6, 6.07) is -0.970. The van der Waals surface area contributed by atoms with E-state index in [0.717, 1.165) is 25.7 Å². The second-order valence-corrected chi connectivity index (χ2v) is 6.27. The maximum absolute atomic E-state index is 11.9. The van der Waals surface area contributed by atoms with Crippen LogP contribution in [0.25, 0.3) is 0 Å². The van der Waals surface area contributed by atoms with Gasteiger partial charge in [-0.1, -0.05) is 33.6 Å². The van der Waals surface area contributed by atoms with Crippen LogP contribution in [0.3, 0.4) is 0 Å². The molecule has 3 unspecified atom stereocenters. The maximum atomic E-state index is 11.9. The third-order valence-electron chi connectivity index (χ3n) is 3.96. The minimum absolute atomic E-state index is 0.161. The molecule has 0 aliphatic heterocycles. The number of rotatable bonds is 6. The predicted molar refractivity (Wildman–Crippen MR) is 78.6 cm³/mol. The van der Waals surface area contributed by atoms with Crippen LogP contribution in [0.4, 0.5) is 4.79 Å². The van der Waals surface area contributed by atoms with Crippen LogP contribution in [0.1, 0.15) is 59.3 Å². The van der Waals surface area contributed by atoms with Crippen molar-refractivity contribution < 1.29 is 14.7 Å². The molecule has 3 atom stereocenters. The van der Waals surface area contributed by atoms with Crippen LogP contribution in [0.2, 0.25) is 0 Å². The molecule has 20 heavy (non-hydrogen) atoms. The summed E-state index contributed by atoms with van der Waals surface area (Å²) < 4.78 is 0. The van der Waals surface area contributed by atoms with Crippen LogP contribution in [0, 0.1) is 11.8 Å². The fraction of sp³-hybridized carbons (Fsp3) is 0.867. The van der Waals surface area contributed by atoms with Gasteiger partial charge in [0, 0.05) is 6.04 Å². The predicted octanol–water partition coefficient (Wildman–Crippen LogP) is 2.75. The van der Waals surface area contributed by atoms with E-state index in [1.807, 2.05) is 6.92 Å². The van der Waals surface area contributed by atoms with Gasteiger partial charge in [-0.25, -0.2) is 9.59 Å². The first-order chi connectivity index (χ1) is 9.42. The van der Waals surface area contributed by atoms with Crippen molar-refractivity contribution in [2.45, 2.75) is 71.4 Å². The number of carbonyl (C=O) groups is 2. The molecule has 5 heteroatoms. The lowest BCUT2D eigenvalue weighted by Gasteiger charge is -2.32. The Morgan fingerprint density at radius 1 is 1.20 bits per heavy atom. The van der Waals surface area contributed by atoms with Gasteiger partial charge in [-0.05, 0) is 37.5 Å². The van der Waals surface area contributed by atoms with Gasteiger partial charge in [-0.15, -0.1) is 0 Å². The number of amides is 2. The van der Waals surface area contributed by atoms with Gasteiger partial charge < -0.3 is 15.7 Å². The Balaban J connectivity index is 2.42. The van der Waals surface area contributed by atoms with Gasteiger partial charge in [0.15, 0.2) is 0 Å². The zero-order valence-electron chi connectivity index (χ0n) is 12.8. The molecule has 5 nitrogen and oxygen atoms in total. The molecule has 0 aromatic rings. The molecule has 1 rings (SSSR count). The Morgan fingerprint density at radius 2 is 1.80 bits per heavy atom. The van der Waals surface area contributed by atoms with Crippen molar-refractivity contribution in [3.8, 4) is 0 Å². The summed E-state index contributed by atoms with van der Waals surface area (Å²) in [5, 5.41) is 14.6. The normalized spacial score (nSPS) is 27.6. The minimum Gasteiger partial charge on any atom is -0.480 e. The molecule has 116 valence electrons. The lowest BCUT2D eigenvalue weighted by molar-refractivity contribution is -0.139. The third kappa shape index (κ3) is 5.80. The second-order valence-electron chi connectivity index (χ2n) is 6.27. The van der Waals surface area contributed by atoms with Gasteiger partial charge >= 0.3 is 12.0 Å². The number of unbranched alkanes of at least 4 members (excludes halogenated alkanes) is 1. The van der Waals surface area contributed by atoms with E-state index in [1.54, 1.807) is 0 Å². The van der Waals surface area contributed by atoms with Gasteiger partial charge in [0.05, 0.1) is 0 Å². The first-order valence-corrected chi connectivity index (χ1v) is 7.72. The average Bonchev–Trinajstić information content (AvgIpc) is 2.32. The fourth-order valence-corrected chi connectivity index (χ4v) is 3.12. The Hall–Kier alpha value is -1.26. The van der Waals surface area contributed by atoms with E-state index in [0.29, 0.717) is 18.3 Å². The molecule has 0 bridgehead atoms. The molecule has 1 aliphatic carbocycles. The van der Waals surface area contributed by atoms with E-state index >= 15 is 0 Å². The molecule has 0 radical (unpaired) electrons. The molecule has 0 heterocycles. The van der Waals surface area contributed by atoms with E-state index in [4.69, 9.17) is 5.11 Å². The van der Waals surface area contributed by atoms with Gasteiger partial charge in [-0.3, -0.25) is 0 Å². The zero-order chi connectivity index (χ0) is 15.1. The summed E-state index contributed by atoms with van der Waals surface area (Å²) in [6.45, 7) is 6.40. The SMILES string of the molecule is CCCCC(NC(=O)NC1CC(C)CC(C)C1)C(=O)O. The standard InChI is InChI=1S/C15H28N2O3/c1-4-5-6-13(14(18)19)17-15(20)16-12-8-10(2)7-11(3)9-12/h10-13H,4-9H2,1-3H3,(H,18,19)(H2,16,17,20). The number of nitrogens with one attached hydrogen (secondary N) is 2. The van der Waals surface area contributed by atoms with Crippen molar-refractivity contribution in [1.82, 2.24) is 10.6 Å². The highest BCUT2D eigenvalue weighted by molar-refractivity contribution is 5.82. The Kier molecular flexibility index (Phi) is 6.82. The summed E-state index contributed by atoms with van der Waals surface area (Å²) in [6.07, 6.45) is 5.36. The van der Waals surface area contributed by atoms with Gasteiger partial charge in [0.2, 0.25) is 0 Å². The number of hydrogen-bond acceptors (Lipinski definition) is 2. The highest BCUT2D eigenvalue weighted by atomic mass is 16.4. The summed E-state index contributed by atoms with van der Waals surface area (Å²) in [5.74, 6) is 0.262. The molecular formula is C15H28N2O3. The van der Waals surface area contributed by atoms with Crippen LogP contribution in [-0.4, -0.2) is 29.2 Å². The van der Waals surface area contributed by atoms with Gasteiger partial charge in [0.25, 0.3) is 0 Å². The molecule has 0 spiro atoms. The Bertz CT molecular complexity index is 323. The lowest BCUT2D eigenvalue weighted by atomic mass is 9.80. The molecule has 2 amide bonds. The lowest BCUT2D eigenvalue weighted by Crippen LogP contribution is -2.50. The highest BCUT2D eigenvalue weighted by Gasteiger charge is 2.26. The number of hydrogen-bond donors (Lipinski definition) is 3. The zero-order valence-corrected chi connectivity index (χ0v) is 12.8. The maximum Gasteiger partial charge on any atom is 0.326 e. The quantitative estimate of drug-likeness (QED) is 0.701. The first-order valence-electron chi connectivity index (χ1n) is 7.72. The number of carboxylic acid groups (broad SMARTS) is 1. The van der Waals surface area contributed by atoms with E-state index in [1.165, 1.54) is 6.42 Å². The smallest absolute Gasteiger partial charge is 0.326 e. The van der Waals surface area contributed by atoms with E-state index in [-0.39, 0.29) is 12.1 Å². The van der Waals surface area contributed by atoms with Crippen molar-refractivity contribution in [1.29, 1.82) is 0 Å². The first kappa shape index (κ1) is 16.8. The fourth-order valence-electron chi connectivity index (χ4n) is 3.12. The van der Waals surface area contributed by atoms with Crippen molar-refractivity contribution in [2.75, 3.05) is 0 Å². The average molecular weight is 284 g/mol. The van der Waals surface area contributed by atoms with Gasteiger partial charge in [-0.2, -0.15) is 0 Å². The largest absolute Gasteiger partial charge is 0.480 e. The molecule has 1 saturated carbocycles. The van der Waals surface area contributed by atoms with Crippen LogP contribution in [-0.2, 0) is 4.79 Å². The monoisotopic (exact) mass is 284 g/mol. The van der Waals surface area contributed by atoms with Crippen LogP contribution in [0.15, 0.2) is 0 Å². The van der Waals surface area contributed by atoms with E-state index in [9.17, 15) is 9.59 Å². The molecule has 1 fully saturated rings. The Morgan fingerprint density at radius 3 is 2.30 bits per heavy atom. The Labute approximate surface area is 121 Å². The summed E-state index contributed by atoms with van der Waals surface area (Å²) in [5.41, 5.74) is 0. The topological polar surface area (TPSA) is 78.4 Å². The molecule has 0 saturated heterocycles. The van der Waals surface area contributed by atoms with Crippen molar-refractivity contribution >= 4 is 12.0 Å². The van der Waals surface area contributed by atoms with Crippen molar-refractivity contribution in [3.05, 3.63) is 0 Å². The number of carbonyl (C=O) groups excluding carboxylic acids is 1. The molecule has 3 N–H and O–H groups in total. The van der Waals surface area contributed by atoms with Crippen LogP contribution in [0.5, 0.6) is 0 Å². The number of aliphatic carboxylic acids is 1. The molecule has 0 aromatic heterocycles.